The van der Waals surface area contributed by atoms with Gasteiger partial charge in [0.05, 0.1) is 5.69 Å². The van der Waals surface area contributed by atoms with Crippen molar-refractivity contribution in [3.8, 4) is 11.5 Å². The summed E-state index contributed by atoms with van der Waals surface area (Å²) in [5, 5.41) is 0. The van der Waals surface area contributed by atoms with Crippen LogP contribution in [-0.4, -0.2) is 15.0 Å². The second kappa shape index (κ2) is 5.25. The molecule has 0 spiro atoms. The van der Waals surface area contributed by atoms with E-state index in [2.05, 4.69) is 30.9 Å². The Kier molecular flexibility index (Phi) is 3.46. The Bertz CT molecular complexity index is 630. The molecule has 0 radical (unpaired) electrons. The molecular weight excluding hydrogens is 306 g/mol. The fourth-order valence-corrected chi connectivity index (χ4v) is 2.78. The number of nitrogens with one attached hydrogen (secondary N) is 1. The summed E-state index contributed by atoms with van der Waals surface area (Å²) < 4.78 is 0.908. The molecule has 0 amide bonds. The van der Waals surface area contributed by atoms with E-state index in [1.165, 1.54) is 12.8 Å². The van der Waals surface area contributed by atoms with Crippen LogP contribution in [0.3, 0.4) is 0 Å². The highest BCUT2D eigenvalue weighted by atomic mass is 79.9. The first kappa shape index (κ1) is 12.5. The highest BCUT2D eigenvalue weighted by Gasteiger charge is 2.19. The smallest absolute Gasteiger partial charge is 0.251 e. The zero-order valence-corrected chi connectivity index (χ0v) is 12.0. The van der Waals surface area contributed by atoms with E-state index < -0.39 is 0 Å². The predicted molar refractivity (Wildman–Crippen MR) is 77.0 cm³/mol. The third-order valence-electron chi connectivity index (χ3n) is 3.50. The van der Waals surface area contributed by atoms with Gasteiger partial charge in [-0.15, -0.1) is 0 Å². The SMILES string of the molecule is O=c1cc(C2CCCC2)nc(-c2ccc(Br)cn2)[nH]1. The summed E-state index contributed by atoms with van der Waals surface area (Å²) in [4.78, 5) is 23.4. The molecule has 1 aliphatic carbocycles. The standard InChI is InChI=1S/C14H14BrN3O/c15-10-5-6-11(16-8-10)14-17-12(7-13(19)18-14)9-3-1-2-4-9/h5-9H,1-4H2,(H,17,18,19). The van der Waals surface area contributed by atoms with Crippen LogP contribution >= 0.6 is 15.9 Å². The summed E-state index contributed by atoms with van der Waals surface area (Å²) in [7, 11) is 0. The van der Waals surface area contributed by atoms with Crippen molar-refractivity contribution < 1.29 is 0 Å². The fraction of sp³-hybridized carbons (Fsp3) is 0.357. The van der Waals surface area contributed by atoms with Gasteiger partial charge >= 0.3 is 0 Å². The van der Waals surface area contributed by atoms with Crippen molar-refractivity contribution in [2.75, 3.05) is 0 Å². The molecule has 19 heavy (non-hydrogen) atoms. The first-order valence-electron chi connectivity index (χ1n) is 6.45. The van der Waals surface area contributed by atoms with Crippen LogP contribution in [0.15, 0.2) is 33.7 Å². The van der Waals surface area contributed by atoms with Crippen LogP contribution in [-0.2, 0) is 0 Å². The Morgan fingerprint density at radius 2 is 2.05 bits per heavy atom. The van der Waals surface area contributed by atoms with Crippen LogP contribution in [0, 0.1) is 0 Å². The molecule has 2 heterocycles. The van der Waals surface area contributed by atoms with Gasteiger partial charge in [-0.2, -0.15) is 0 Å². The molecule has 2 aromatic heterocycles. The number of rotatable bonds is 2. The topological polar surface area (TPSA) is 58.6 Å². The molecule has 1 saturated carbocycles. The van der Waals surface area contributed by atoms with E-state index in [0.29, 0.717) is 17.4 Å². The molecule has 4 nitrogen and oxygen atoms in total. The third kappa shape index (κ3) is 2.76. The van der Waals surface area contributed by atoms with E-state index in [0.717, 1.165) is 23.0 Å². The maximum atomic E-state index is 11.8. The monoisotopic (exact) mass is 319 g/mol. The molecule has 0 aliphatic heterocycles. The number of aromatic nitrogens is 3. The molecular formula is C14H14BrN3O. The van der Waals surface area contributed by atoms with Gasteiger partial charge in [-0.25, -0.2) is 4.98 Å². The lowest BCUT2D eigenvalue weighted by Gasteiger charge is -2.09. The molecule has 1 fully saturated rings. The summed E-state index contributed by atoms with van der Waals surface area (Å²) in [5.74, 6) is 0.985. The van der Waals surface area contributed by atoms with Crippen LogP contribution in [0.1, 0.15) is 37.3 Å². The summed E-state index contributed by atoms with van der Waals surface area (Å²) in [5.41, 5.74) is 1.50. The van der Waals surface area contributed by atoms with Gasteiger partial charge in [0, 0.05) is 22.7 Å². The van der Waals surface area contributed by atoms with Gasteiger partial charge in [0.25, 0.3) is 5.56 Å². The summed E-state index contributed by atoms with van der Waals surface area (Å²) in [6.07, 6.45) is 6.42. The van der Waals surface area contributed by atoms with E-state index in [-0.39, 0.29) is 5.56 Å². The number of hydrogen-bond acceptors (Lipinski definition) is 3. The maximum absolute atomic E-state index is 11.8. The average molecular weight is 320 g/mol. The van der Waals surface area contributed by atoms with Crippen LogP contribution in [0.2, 0.25) is 0 Å². The Morgan fingerprint density at radius 1 is 1.26 bits per heavy atom. The van der Waals surface area contributed by atoms with Gasteiger partial charge < -0.3 is 4.98 Å². The quantitative estimate of drug-likeness (QED) is 0.924. The number of hydrogen-bond donors (Lipinski definition) is 1. The molecule has 1 N–H and O–H groups in total. The summed E-state index contributed by atoms with van der Waals surface area (Å²) in [6, 6.07) is 5.36. The van der Waals surface area contributed by atoms with Crippen molar-refractivity contribution in [2.24, 2.45) is 0 Å². The van der Waals surface area contributed by atoms with E-state index in [4.69, 9.17) is 0 Å². The van der Waals surface area contributed by atoms with Crippen LogP contribution in [0.4, 0.5) is 0 Å². The highest BCUT2D eigenvalue weighted by molar-refractivity contribution is 9.10. The second-order valence-electron chi connectivity index (χ2n) is 4.86. The predicted octanol–water partition coefficient (Wildman–Crippen LogP) is 3.25. The van der Waals surface area contributed by atoms with Crippen molar-refractivity contribution >= 4 is 15.9 Å². The number of pyridine rings is 1. The van der Waals surface area contributed by atoms with Gasteiger partial charge in [-0.1, -0.05) is 12.8 Å². The lowest BCUT2D eigenvalue weighted by molar-refractivity contribution is 0.693. The first-order chi connectivity index (χ1) is 9.22. The zero-order valence-electron chi connectivity index (χ0n) is 10.4. The van der Waals surface area contributed by atoms with Crippen molar-refractivity contribution in [3.05, 3.63) is 44.9 Å². The van der Waals surface area contributed by atoms with Gasteiger partial charge in [0.15, 0.2) is 5.82 Å². The molecule has 0 unspecified atom stereocenters. The Morgan fingerprint density at radius 3 is 2.74 bits per heavy atom. The number of halogens is 1. The third-order valence-corrected chi connectivity index (χ3v) is 3.97. The molecule has 0 atom stereocenters. The van der Waals surface area contributed by atoms with E-state index in [1.807, 2.05) is 12.1 Å². The molecule has 98 valence electrons. The molecule has 1 aliphatic rings. The van der Waals surface area contributed by atoms with Crippen molar-refractivity contribution in [3.63, 3.8) is 0 Å². The van der Waals surface area contributed by atoms with E-state index in [1.54, 1.807) is 12.3 Å². The molecule has 0 bridgehead atoms. The summed E-state index contributed by atoms with van der Waals surface area (Å²) in [6.45, 7) is 0. The molecule has 2 aromatic rings. The zero-order chi connectivity index (χ0) is 13.2. The fourth-order valence-electron chi connectivity index (χ4n) is 2.54. The molecule has 0 aromatic carbocycles. The minimum Gasteiger partial charge on any atom is -0.305 e. The average Bonchev–Trinajstić information content (AvgIpc) is 2.93. The largest absolute Gasteiger partial charge is 0.305 e. The molecule has 0 saturated heterocycles. The van der Waals surface area contributed by atoms with Crippen molar-refractivity contribution in [2.45, 2.75) is 31.6 Å². The van der Waals surface area contributed by atoms with Crippen LogP contribution in [0.5, 0.6) is 0 Å². The number of H-pyrrole nitrogens is 1. The Hall–Kier alpha value is -1.49. The normalized spacial score (nSPS) is 15.8. The summed E-state index contributed by atoms with van der Waals surface area (Å²) >= 11 is 3.35. The number of nitrogens with zero attached hydrogens (tertiary/aromatic N) is 2. The molecule has 3 rings (SSSR count). The Balaban J connectivity index is 2.01. The lowest BCUT2D eigenvalue weighted by Crippen LogP contribution is -2.12. The second-order valence-corrected chi connectivity index (χ2v) is 5.78. The first-order valence-corrected chi connectivity index (χ1v) is 7.25. The van der Waals surface area contributed by atoms with E-state index >= 15 is 0 Å². The minimum atomic E-state index is -0.100. The highest BCUT2D eigenvalue weighted by Crippen LogP contribution is 2.32. The van der Waals surface area contributed by atoms with Gasteiger partial charge in [-0.3, -0.25) is 9.78 Å². The number of aromatic amines is 1. The van der Waals surface area contributed by atoms with Gasteiger partial charge in [0.1, 0.15) is 5.69 Å². The molecule has 5 heteroatoms. The van der Waals surface area contributed by atoms with Crippen molar-refractivity contribution in [1.29, 1.82) is 0 Å². The minimum absolute atomic E-state index is 0.100. The van der Waals surface area contributed by atoms with E-state index in [9.17, 15) is 4.79 Å². The van der Waals surface area contributed by atoms with Gasteiger partial charge in [-0.05, 0) is 40.9 Å². The van der Waals surface area contributed by atoms with Crippen LogP contribution < -0.4 is 5.56 Å². The van der Waals surface area contributed by atoms with Crippen molar-refractivity contribution in [1.82, 2.24) is 15.0 Å². The van der Waals surface area contributed by atoms with Gasteiger partial charge in [0.2, 0.25) is 0 Å². The van der Waals surface area contributed by atoms with Crippen LogP contribution in [0.25, 0.3) is 11.5 Å². The lowest BCUT2D eigenvalue weighted by atomic mass is 10.0. The maximum Gasteiger partial charge on any atom is 0.251 e. The Labute approximate surface area is 119 Å².